The van der Waals surface area contributed by atoms with Crippen LogP contribution in [0, 0.1) is 11.8 Å². The smallest absolute Gasteiger partial charge is 0.252 e. The van der Waals surface area contributed by atoms with Crippen molar-refractivity contribution in [3.63, 3.8) is 0 Å². The molecule has 2 aromatic rings. The predicted molar refractivity (Wildman–Crippen MR) is 113 cm³/mol. The zero-order valence-electron chi connectivity index (χ0n) is 17.1. The Morgan fingerprint density at radius 2 is 1.76 bits per heavy atom. The summed E-state index contributed by atoms with van der Waals surface area (Å²) in [6, 6.07) is 14.3. The van der Waals surface area contributed by atoms with Gasteiger partial charge in [-0.15, -0.1) is 0 Å². The van der Waals surface area contributed by atoms with Gasteiger partial charge in [0, 0.05) is 11.3 Å². The summed E-state index contributed by atoms with van der Waals surface area (Å²) < 4.78 is 10.6. The third kappa shape index (κ3) is 6.34. The van der Waals surface area contributed by atoms with Crippen molar-refractivity contribution in [2.75, 3.05) is 19.0 Å². The van der Waals surface area contributed by atoms with Gasteiger partial charge in [-0.2, -0.15) is 5.10 Å². The van der Waals surface area contributed by atoms with Crippen molar-refractivity contribution >= 4 is 23.7 Å². The molecule has 1 atom stereocenters. The second-order valence-electron chi connectivity index (χ2n) is 6.64. The van der Waals surface area contributed by atoms with E-state index in [4.69, 9.17) is 9.47 Å². The number of para-hydroxylation sites is 1. The highest BCUT2D eigenvalue weighted by Gasteiger charge is 2.29. The van der Waals surface area contributed by atoms with Crippen LogP contribution in [0.4, 0.5) is 5.69 Å². The van der Waals surface area contributed by atoms with Gasteiger partial charge in [0.2, 0.25) is 5.91 Å². The Kier molecular flexibility index (Phi) is 8.21. The van der Waals surface area contributed by atoms with Gasteiger partial charge < -0.3 is 14.8 Å². The van der Waals surface area contributed by atoms with E-state index in [2.05, 4.69) is 15.8 Å². The fraction of sp³-hybridized carbons (Fsp3) is 0.318. The van der Waals surface area contributed by atoms with E-state index in [1.165, 1.54) is 6.21 Å². The van der Waals surface area contributed by atoms with Gasteiger partial charge in [0.25, 0.3) is 5.91 Å². The van der Waals surface area contributed by atoms with E-state index in [1.807, 2.05) is 45.0 Å². The number of ether oxygens (including phenoxy) is 2. The second kappa shape index (κ2) is 10.8. The number of anilines is 1. The molecule has 2 amide bonds. The Morgan fingerprint density at radius 1 is 1.07 bits per heavy atom. The minimum absolute atomic E-state index is 0.209. The molecule has 2 aromatic carbocycles. The molecule has 1 unspecified atom stereocenters. The summed E-state index contributed by atoms with van der Waals surface area (Å²) in [7, 11) is 1.57. The van der Waals surface area contributed by atoms with Crippen LogP contribution in [0.5, 0.6) is 11.5 Å². The fourth-order valence-electron chi connectivity index (χ4n) is 2.73. The molecule has 0 aliphatic carbocycles. The number of hydrogen-bond acceptors (Lipinski definition) is 5. The standard InChI is InChI=1S/C22H27N3O4/c1-5-29-19-9-7-6-8-16(19)14-23-25-22(27)20(15(2)3)21(26)24-17-10-12-18(28-4)13-11-17/h6-15,20H,5H2,1-4H3,(H,24,26)(H,25,27). The van der Waals surface area contributed by atoms with Gasteiger partial charge in [0.15, 0.2) is 0 Å². The molecule has 0 saturated heterocycles. The Morgan fingerprint density at radius 3 is 2.38 bits per heavy atom. The van der Waals surface area contributed by atoms with Crippen LogP contribution >= 0.6 is 0 Å². The summed E-state index contributed by atoms with van der Waals surface area (Å²) in [6.45, 7) is 6.04. The van der Waals surface area contributed by atoms with E-state index in [-0.39, 0.29) is 5.92 Å². The van der Waals surface area contributed by atoms with E-state index in [9.17, 15) is 9.59 Å². The lowest BCUT2D eigenvalue weighted by Crippen LogP contribution is -2.39. The van der Waals surface area contributed by atoms with Crippen molar-refractivity contribution in [3.05, 3.63) is 54.1 Å². The molecule has 2 rings (SSSR count). The molecule has 0 aliphatic heterocycles. The number of hydrazone groups is 1. The number of nitrogens with one attached hydrogen (secondary N) is 2. The minimum atomic E-state index is -0.892. The van der Waals surface area contributed by atoms with Gasteiger partial charge in [-0.1, -0.05) is 26.0 Å². The summed E-state index contributed by atoms with van der Waals surface area (Å²) in [6.07, 6.45) is 1.50. The largest absolute Gasteiger partial charge is 0.497 e. The van der Waals surface area contributed by atoms with Gasteiger partial charge >= 0.3 is 0 Å². The maximum Gasteiger partial charge on any atom is 0.252 e. The highest BCUT2D eigenvalue weighted by molar-refractivity contribution is 6.06. The molecule has 7 heteroatoms. The summed E-state index contributed by atoms with van der Waals surface area (Å²) in [5.41, 5.74) is 3.78. The highest BCUT2D eigenvalue weighted by Crippen LogP contribution is 2.19. The molecule has 154 valence electrons. The van der Waals surface area contributed by atoms with Gasteiger partial charge in [0.1, 0.15) is 17.4 Å². The first-order chi connectivity index (χ1) is 14.0. The van der Waals surface area contributed by atoms with E-state index in [0.29, 0.717) is 23.8 Å². The van der Waals surface area contributed by atoms with Gasteiger partial charge in [-0.05, 0) is 49.2 Å². The Balaban J connectivity index is 2.04. The molecule has 2 N–H and O–H groups in total. The van der Waals surface area contributed by atoms with Gasteiger partial charge in [0.05, 0.1) is 19.9 Å². The molecule has 0 aromatic heterocycles. The molecule has 0 bridgehead atoms. The van der Waals surface area contributed by atoms with Crippen molar-refractivity contribution in [1.82, 2.24) is 5.43 Å². The average molecular weight is 397 g/mol. The minimum Gasteiger partial charge on any atom is -0.497 e. The number of amides is 2. The van der Waals surface area contributed by atoms with Crippen molar-refractivity contribution in [2.24, 2.45) is 16.9 Å². The SMILES string of the molecule is CCOc1ccccc1C=NNC(=O)C(C(=O)Nc1ccc(OC)cc1)C(C)C. The van der Waals surface area contributed by atoms with Crippen LogP contribution in [-0.4, -0.2) is 31.7 Å². The summed E-state index contributed by atoms with van der Waals surface area (Å²) in [5, 5.41) is 6.76. The summed E-state index contributed by atoms with van der Waals surface area (Å²) in [4.78, 5) is 25.2. The van der Waals surface area contributed by atoms with Crippen molar-refractivity contribution in [3.8, 4) is 11.5 Å². The number of carbonyl (C=O) groups excluding carboxylic acids is 2. The molecule has 0 saturated carbocycles. The zero-order valence-corrected chi connectivity index (χ0v) is 17.1. The maximum atomic E-state index is 12.6. The molecular weight excluding hydrogens is 370 g/mol. The molecule has 0 spiro atoms. The lowest BCUT2D eigenvalue weighted by Gasteiger charge is -2.18. The van der Waals surface area contributed by atoms with Crippen LogP contribution < -0.4 is 20.2 Å². The molecule has 29 heavy (non-hydrogen) atoms. The maximum absolute atomic E-state index is 12.6. The molecule has 7 nitrogen and oxygen atoms in total. The first kappa shape index (κ1) is 21.9. The topological polar surface area (TPSA) is 89.0 Å². The summed E-state index contributed by atoms with van der Waals surface area (Å²) in [5.74, 6) is -0.618. The van der Waals surface area contributed by atoms with Crippen LogP contribution in [0.15, 0.2) is 53.6 Å². The Bertz CT molecular complexity index is 847. The van der Waals surface area contributed by atoms with Crippen LogP contribution in [0.3, 0.4) is 0 Å². The van der Waals surface area contributed by atoms with Crippen molar-refractivity contribution in [1.29, 1.82) is 0 Å². The third-order valence-electron chi connectivity index (χ3n) is 4.19. The van der Waals surface area contributed by atoms with E-state index in [1.54, 1.807) is 31.4 Å². The van der Waals surface area contributed by atoms with E-state index < -0.39 is 17.7 Å². The van der Waals surface area contributed by atoms with Crippen molar-refractivity contribution in [2.45, 2.75) is 20.8 Å². The zero-order chi connectivity index (χ0) is 21.2. The lowest BCUT2D eigenvalue weighted by atomic mass is 9.94. The first-order valence-electron chi connectivity index (χ1n) is 9.46. The number of nitrogens with zero attached hydrogens (tertiary/aromatic N) is 1. The van der Waals surface area contributed by atoms with Crippen LogP contribution in [0.2, 0.25) is 0 Å². The summed E-state index contributed by atoms with van der Waals surface area (Å²) >= 11 is 0. The Hall–Kier alpha value is -3.35. The molecule has 0 aliphatic rings. The number of carbonyl (C=O) groups is 2. The molecule has 0 heterocycles. The molecule has 0 radical (unpaired) electrons. The third-order valence-corrected chi connectivity index (χ3v) is 4.19. The predicted octanol–water partition coefficient (Wildman–Crippen LogP) is 3.45. The quantitative estimate of drug-likeness (QED) is 0.385. The van der Waals surface area contributed by atoms with Gasteiger partial charge in [-0.3, -0.25) is 9.59 Å². The van der Waals surface area contributed by atoms with Crippen LogP contribution in [0.1, 0.15) is 26.3 Å². The molecular formula is C22H27N3O4. The highest BCUT2D eigenvalue weighted by atomic mass is 16.5. The van der Waals surface area contributed by atoms with E-state index >= 15 is 0 Å². The normalized spacial score (nSPS) is 11.9. The number of methoxy groups -OCH3 is 1. The average Bonchev–Trinajstić information content (AvgIpc) is 2.70. The van der Waals surface area contributed by atoms with Crippen LogP contribution in [-0.2, 0) is 9.59 Å². The van der Waals surface area contributed by atoms with Crippen LogP contribution in [0.25, 0.3) is 0 Å². The lowest BCUT2D eigenvalue weighted by molar-refractivity contribution is -0.134. The van der Waals surface area contributed by atoms with Crippen molar-refractivity contribution < 1.29 is 19.1 Å². The molecule has 0 fully saturated rings. The Labute approximate surface area is 171 Å². The fourth-order valence-corrected chi connectivity index (χ4v) is 2.73. The first-order valence-corrected chi connectivity index (χ1v) is 9.46. The monoisotopic (exact) mass is 397 g/mol. The number of rotatable bonds is 9. The number of hydrogen-bond donors (Lipinski definition) is 2. The van der Waals surface area contributed by atoms with Gasteiger partial charge in [-0.25, -0.2) is 5.43 Å². The van der Waals surface area contributed by atoms with E-state index in [0.717, 1.165) is 5.56 Å². The number of benzene rings is 2. The second-order valence-corrected chi connectivity index (χ2v) is 6.64.